The Morgan fingerprint density at radius 3 is 2.57 bits per heavy atom. The average Bonchev–Trinajstić information content (AvgIpc) is 3.16. The third kappa shape index (κ3) is 3.89. The molecule has 0 bridgehead atoms. The van der Waals surface area contributed by atoms with E-state index in [1.54, 1.807) is 28.7 Å². The van der Waals surface area contributed by atoms with Gasteiger partial charge in [-0.15, -0.1) is 0 Å². The van der Waals surface area contributed by atoms with Crippen LogP contribution in [0.2, 0.25) is 0 Å². The van der Waals surface area contributed by atoms with E-state index in [0.29, 0.717) is 24.2 Å². The summed E-state index contributed by atoms with van der Waals surface area (Å²) < 4.78 is 1.70. The second-order valence-electron chi connectivity index (χ2n) is 8.17. The zero-order chi connectivity index (χ0) is 21.3. The van der Waals surface area contributed by atoms with E-state index in [4.69, 9.17) is 0 Å². The maximum Gasteiger partial charge on any atom is 0.263 e. The molecule has 2 aliphatic rings. The zero-order valence-corrected chi connectivity index (χ0v) is 17.5. The van der Waals surface area contributed by atoms with E-state index in [2.05, 4.69) is 10.6 Å². The Labute approximate surface area is 176 Å². The standard InChI is InChI=1S/C23H28N4O3/c1-15-5-6-17(14-19(15)27-12-3-4-20(27)28)25-22(29)21-16(2)9-13-26(23(21)30)18-7-10-24-11-8-18/h5-6,9,13-14,18,24H,3-4,7-8,10-12H2,1-2H3,(H,25,29). The minimum Gasteiger partial charge on any atom is -0.322 e. The molecule has 0 atom stereocenters. The highest BCUT2D eigenvalue weighted by atomic mass is 16.2. The molecular weight excluding hydrogens is 380 g/mol. The molecule has 0 unspecified atom stereocenters. The summed E-state index contributed by atoms with van der Waals surface area (Å²) in [6.07, 6.45) is 4.93. The maximum absolute atomic E-state index is 13.1. The molecular formula is C23H28N4O3. The second-order valence-corrected chi connectivity index (χ2v) is 8.17. The van der Waals surface area contributed by atoms with Crippen molar-refractivity contribution in [2.75, 3.05) is 29.9 Å². The molecule has 2 aromatic rings. The van der Waals surface area contributed by atoms with E-state index in [1.807, 2.05) is 25.1 Å². The van der Waals surface area contributed by atoms with Gasteiger partial charge in [0.15, 0.2) is 0 Å². The number of rotatable bonds is 4. The third-order valence-corrected chi connectivity index (χ3v) is 6.09. The summed E-state index contributed by atoms with van der Waals surface area (Å²) in [5.41, 5.74) is 2.96. The van der Waals surface area contributed by atoms with E-state index in [9.17, 15) is 14.4 Å². The first-order valence-corrected chi connectivity index (χ1v) is 10.6. The second kappa shape index (κ2) is 8.44. The first kappa shape index (κ1) is 20.3. The predicted octanol–water partition coefficient (Wildman–Crippen LogP) is 2.77. The van der Waals surface area contributed by atoms with Crippen LogP contribution in [0.1, 0.15) is 53.2 Å². The predicted molar refractivity (Wildman–Crippen MR) is 117 cm³/mol. The van der Waals surface area contributed by atoms with Crippen molar-refractivity contribution in [3.63, 3.8) is 0 Å². The van der Waals surface area contributed by atoms with Crippen LogP contribution in [0.5, 0.6) is 0 Å². The first-order chi connectivity index (χ1) is 14.5. The Hall–Kier alpha value is -2.93. The summed E-state index contributed by atoms with van der Waals surface area (Å²) >= 11 is 0. The van der Waals surface area contributed by atoms with Crippen molar-refractivity contribution < 1.29 is 9.59 Å². The number of nitrogens with one attached hydrogen (secondary N) is 2. The fourth-order valence-electron chi connectivity index (χ4n) is 4.36. The van der Waals surface area contributed by atoms with E-state index in [0.717, 1.165) is 43.6 Å². The van der Waals surface area contributed by atoms with Gasteiger partial charge in [0, 0.05) is 36.6 Å². The van der Waals surface area contributed by atoms with Gasteiger partial charge in [-0.25, -0.2) is 0 Å². The van der Waals surface area contributed by atoms with Crippen LogP contribution in [0.25, 0.3) is 0 Å². The van der Waals surface area contributed by atoms with Gasteiger partial charge in [0.1, 0.15) is 5.56 Å². The highest BCUT2D eigenvalue weighted by Gasteiger charge is 2.24. The number of anilines is 2. The molecule has 3 heterocycles. The molecule has 7 nitrogen and oxygen atoms in total. The molecule has 7 heteroatoms. The Kier molecular flexibility index (Phi) is 5.72. The number of aromatic nitrogens is 1. The lowest BCUT2D eigenvalue weighted by molar-refractivity contribution is -0.117. The summed E-state index contributed by atoms with van der Waals surface area (Å²) in [5, 5.41) is 6.17. The largest absolute Gasteiger partial charge is 0.322 e. The number of nitrogens with zero attached hydrogens (tertiary/aromatic N) is 2. The smallest absolute Gasteiger partial charge is 0.263 e. The molecule has 2 N–H and O–H groups in total. The number of amides is 2. The van der Waals surface area contributed by atoms with Crippen LogP contribution in [-0.2, 0) is 4.79 Å². The monoisotopic (exact) mass is 408 g/mol. The van der Waals surface area contributed by atoms with Crippen molar-refractivity contribution in [2.24, 2.45) is 0 Å². The van der Waals surface area contributed by atoms with E-state index in [1.165, 1.54) is 0 Å². The summed E-state index contributed by atoms with van der Waals surface area (Å²) in [6.45, 7) is 6.16. The van der Waals surface area contributed by atoms with E-state index >= 15 is 0 Å². The number of hydrogen-bond donors (Lipinski definition) is 2. The summed E-state index contributed by atoms with van der Waals surface area (Å²) in [5.74, 6) is -0.311. The third-order valence-electron chi connectivity index (χ3n) is 6.09. The van der Waals surface area contributed by atoms with Gasteiger partial charge in [-0.2, -0.15) is 0 Å². The van der Waals surface area contributed by atoms with Crippen molar-refractivity contribution in [2.45, 2.75) is 45.6 Å². The molecule has 2 fully saturated rings. The van der Waals surface area contributed by atoms with Gasteiger partial charge in [-0.05, 0) is 75.5 Å². The number of piperidine rings is 1. The number of carbonyl (C=O) groups excluding carboxylic acids is 2. The molecule has 0 saturated carbocycles. The van der Waals surface area contributed by atoms with Crippen LogP contribution in [-0.4, -0.2) is 36.0 Å². The van der Waals surface area contributed by atoms with Crippen LogP contribution < -0.4 is 21.1 Å². The SMILES string of the molecule is Cc1ccc(NC(=O)c2c(C)ccn(C3CCNCC3)c2=O)cc1N1CCCC1=O. The molecule has 30 heavy (non-hydrogen) atoms. The van der Waals surface area contributed by atoms with E-state index in [-0.39, 0.29) is 23.1 Å². The van der Waals surface area contributed by atoms with Crippen LogP contribution in [0.4, 0.5) is 11.4 Å². The van der Waals surface area contributed by atoms with Crippen molar-refractivity contribution in [3.8, 4) is 0 Å². The molecule has 2 saturated heterocycles. The average molecular weight is 409 g/mol. The van der Waals surface area contributed by atoms with Gasteiger partial charge < -0.3 is 20.1 Å². The van der Waals surface area contributed by atoms with Crippen LogP contribution >= 0.6 is 0 Å². The molecule has 0 aliphatic carbocycles. The summed E-state index contributed by atoms with van der Waals surface area (Å²) in [6, 6.07) is 7.46. The lowest BCUT2D eigenvalue weighted by Gasteiger charge is -2.25. The Morgan fingerprint density at radius 2 is 1.87 bits per heavy atom. The number of pyridine rings is 1. The number of benzene rings is 1. The molecule has 2 aliphatic heterocycles. The van der Waals surface area contributed by atoms with Gasteiger partial charge in [0.05, 0.1) is 0 Å². The fourth-order valence-corrected chi connectivity index (χ4v) is 4.36. The van der Waals surface area contributed by atoms with Crippen LogP contribution in [0.15, 0.2) is 35.3 Å². The molecule has 4 rings (SSSR count). The van der Waals surface area contributed by atoms with Gasteiger partial charge >= 0.3 is 0 Å². The highest BCUT2D eigenvalue weighted by Crippen LogP contribution is 2.28. The summed E-state index contributed by atoms with van der Waals surface area (Å²) in [7, 11) is 0. The topological polar surface area (TPSA) is 83.4 Å². The van der Waals surface area contributed by atoms with Crippen molar-refractivity contribution >= 4 is 23.2 Å². The first-order valence-electron chi connectivity index (χ1n) is 10.6. The van der Waals surface area contributed by atoms with Crippen molar-refractivity contribution in [1.82, 2.24) is 9.88 Å². The minimum atomic E-state index is -0.414. The minimum absolute atomic E-state index is 0.102. The van der Waals surface area contributed by atoms with Crippen LogP contribution in [0.3, 0.4) is 0 Å². The Bertz CT molecular complexity index is 1040. The van der Waals surface area contributed by atoms with Gasteiger partial charge in [0.2, 0.25) is 5.91 Å². The number of carbonyl (C=O) groups is 2. The number of aryl methyl sites for hydroxylation is 2. The maximum atomic E-state index is 13.1. The van der Waals surface area contributed by atoms with Crippen molar-refractivity contribution in [1.29, 1.82) is 0 Å². The summed E-state index contributed by atoms with van der Waals surface area (Å²) in [4.78, 5) is 40.1. The van der Waals surface area contributed by atoms with Gasteiger partial charge in [0.25, 0.3) is 11.5 Å². The van der Waals surface area contributed by atoms with E-state index < -0.39 is 5.91 Å². The van der Waals surface area contributed by atoms with Gasteiger partial charge in [-0.3, -0.25) is 14.4 Å². The quantitative estimate of drug-likeness (QED) is 0.815. The molecule has 158 valence electrons. The Balaban J connectivity index is 1.61. The molecule has 1 aromatic carbocycles. The lowest BCUT2D eigenvalue weighted by Crippen LogP contribution is -2.37. The molecule has 1 aromatic heterocycles. The fraction of sp³-hybridized carbons (Fsp3) is 0.435. The van der Waals surface area contributed by atoms with Crippen molar-refractivity contribution in [3.05, 3.63) is 57.5 Å². The lowest BCUT2D eigenvalue weighted by atomic mass is 10.0. The molecule has 0 radical (unpaired) electrons. The molecule has 2 amide bonds. The highest BCUT2D eigenvalue weighted by molar-refractivity contribution is 6.05. The van der Waals surface area contributed by atoms with Gasteiger partial charge in [-0.1, -0.05) is 6.07 Å². The molecule has 0 spiro atoms. The zero-order valence-electron chi connectivity index (χ0n) is 17.5. The Morgan fingerprint density at radius 1 is 1.10 bits per heavy atom. The number of hydrogen-bond acceptors (Lipinski definition) is 4. The normalized spacial score (nSPS) is 17.4. The van der Waals surface area contributed by atoms with Crippen LogP contribution in [0, 0.1) is 13.8 Å².